The highest BCUT2D eigenvalue weighted by molar-refractivity contribution is 5.86. The minimum absolute atomic E-state index is 0.00825. The second kappa shape index (κ2) is 11.6. The first-order valence-corrected chi connectivity index (χ1v) is 12.7. The molecule has 3 aromatic rings. The van der Waals surface area contributed by atoms with Crippen LogP contribution in [0.4, 0.5) is 0 Å². The van der Waals surface area contributed by atoms with Gasteiger partial charge in [0.05, 0.1) is 29.7 Å². The van der Waals surface area contributed by atoms with Gasteiger partial charge < -0.3 is 64.6 Å². The van der Waals surface area contributed by atoms with E-state index in [9.17, 15) is 50.8 Å². The molecule has 5 rings (SSSR count). The molecule has 0 bridgehead atoms. The van der Waals surface area contributed by atoms with Crippen molar-refractivity contribution >= 4 is 11.0 Å². The zero-order chi connectivity index (χ0) is 29.6. The van der Waals surface area contributed by atoms with E-state index in [1.807, 2.05) is 0 Å². The Balaban J connectivity index is 1.43. The maximum atomic E-state index is 13.4. The minimum Gasteiger partial charge on any atom is -0.507 e. The van der Waals surface area contributed by atoms with Crippen LogP contribution in [0.1, 0.15) is 11.7 Å². The van der Waals surface area contributed by atoms with Crippen molar-refractivity contribution in [3.05, 3.63) is 58.4 Å². The summed E-state index contributed by atoms with van der Waals surface area (Å²) in [6, 6.07) is 8.43. The first-order valence-electron chi connectivity index (χ1n) is 12.7. The number of ether oxygens (including phenoxy) is 3. The van der Waals surface area contributed by atoms with Crippen LogP contribution >= 0.6 is 0 Å². The molecule has 0 unspecified atom stereocenters. The number of hydrogen-bond donors (Lipinski definition) is 9. The second-order valence-corrected chi connectivity index (χ2v) is 9.94. The van der Waals surface area contributed by atoms with E-state index in [0.717, 1.165) is 6.26 Å². The average Bonchev–Trinajstić information content (AvgIpc) is 2.97. The molecular weight excluding hydrogens is 548 g/mol. The zero-order valence-corrected chi connectivity index (χ0v) is 21.3. The number of phenolic OH excluding ortho intramolecular Hbond substituents is 1. The maximum absolute atomic E-state index is 13.4. The first-order chi connectivity index (χ1) is 19.6. The van der Waals surface area contributed by atoms with E-state index in [0.29, 0.717) is 5.56 Å². The van der Waals surface area contributed by atoms with Crippen LogP contribution in [0.15, 0.2) is 51.9 Å². The van der Waals surface area contributed by atoms with Gasteiger partial charge in [-0.05, 0) is 29.8 Å². The fraction of sp³-hybridized carbons (Fsp3) is 0.444. The van der Waals surface area contributed by atoms with Crippen LogP contribution in [0.25, 0.3) is 22.1 Å². The standard InChI is InChI=1S/C27H30O14/c28-7-15-19(32)21(34)23(36)26(40-15)17-14(30)6-5-12-18(31)13(9-38-25(12)17)10-1-3-11(4-2-10)39-27-24(37)22(35)20(33)16(8-29)41-27/h1-6,9,15-16,19-24,26-30,32-37H,7-8H2/t15-,16+,19-,20-,21-,22-,23+,24+,26+,27+/m1/s1. The largest absolute Gasteiger partial charge is 0.507 e. The fourth-order valence-corrected chi connectivity index (χ4v) is 5.04. The van der Waals surface area contributed by atoms with Crippen LogP contribution in [-0.4, -0.2) is 114 Å². The van der Waals surface area contributed by atoms with Crippen LogP contribution in [0.5, 0.6) is 11.5 Å². The van der Waals surface area contributed by atoms with Gasteiger partial charge in [0.1, 0.15) is 78.3 Å². The molecule has 1 aromatic heterocycles. The van der Waals surface area contributed by atoms with E-state index in [1.54, 1.807) is 0 Å². The van der Waals surface area contributed by atoms with Gasteiger partial charge in [0.2, 0.25) is 11.7 Å². The summed E-state index contributed by atoms with van der Waals surface area (Å²) in [6.45, 7) is -1.30. The molecule has 222 valence electrons. The molecule has 2 saturated heterocycles. The number of benzene rings is 2. The van der Waals surface area contributed by atoms with Crippen molar-refractivity contribution in [1.82, 2.24) is 0 Å². The highest BCUT2D eigenvalue weighted by Gasteiger charge is 2.46. The van der Waals surface area contributed by atoms with Crippen LogP contribution in [0, 0.1) is 0 Å². The molecule has 2 aromatic carbocycles. The molecule has 2 fully saturated rings. The van der Waals surface area contributed by atoms with Crippen molar-refractivity contribution in [1.29, 1.82) is 0 Å². The van der Waals surface area contributed by atoms with Gasteiger partial charge in [-0.15, -0.1) is 0 Å². The molecule has 3 heterocycles. The number of hydrogen-bond acceptors (Lipinski definition) is 14. The number of aromatic hydroxyl groups is 1. The van der Waals surface area contributed by atoms with E-state index < -0.39 is 85.6 Å². The van der Waals surface area contributed by atoms with Crippen LogP contribution in [0.2, 0.25) is 0 Å². The third kappa shape index (κ3) is 5.19. The topological polar surface area (TPSA) is 240 Å². The van der Waals surface area contributed by atoms with Gasteiger partial charge in [-0.2, -0.15) is 0 Å². The van der Waals surface area contributed by atoms with E-state index in [4.69, 9.17) is 18.6 Å². The van der Waals surface area contributed by atoms with Crippen molar-refractivity contribution in [2.75, 3.05) is 13.2 Å². The van der Waals surface area contributed by atoms with Crippen molar-refractivity contribution < 1.29 is 64.6 Å². The van der Waals surface area contributed by atoms with E-state index in [-0.39, 0.29) is 27.8 Å². The lowest BCUT2D eigenvalue weighted by molar-refractivity contribution is -0.277. The number of aliphatic hydroxyl groups excluding tert-OH is 8. The molecule has 0 saturated carbocycles. The predicted octanol–water partition coefficient (Wildman–Crippen LogP) is -2.14. The van der Waals surface area contributed by atoms with Gasteiger partial charge in [0.25, 0.3) is 0 Å². The summed E-state index contributed by atoms with van der Waals surface area (Å²) in [5.74, 6) is -0.231. The smallest absolute Gasteiger partial charge is 0.229 e. The molecule has 14 heteroatoms. The molecule has 41 heavy (non-hydrogen) atoms. The first kappa shape index (κ1) is 29.3. The zero-order valence-electron chi connectivity index (χ0n) is 21.3. The van der Waals surface area contributed by atoms with Crippen molar-refractivity contribution in [3.63, 3.8) is 0 Å². The summed E-state index contributed by atoms with van der Waals surface area (Å²) in [7, 11) is 0. The molecule has 0 spiro atoms. The van der Waals surface area contributed by atoms with Gasteiger partial charge in [-0.25, -0.2) is 0 Å². The molecule has 0 aliphatic carbocycles. The molecule has 9 N–H and O–H groups in total. The Morgan fingerprint density at radius 1 is 0.732 bits per heavy atom. The van der Waals surface area contributed by atoms with Crippen molar-refractivity contribution in [2.24, 2.45) is 0 Å². The van der Waals surface area contributed by atoms with Gasteiger partial charge in [0, 0.05) is 0 Å². The van der Waals surface area contributed by atoms with Crippen LogP contribution in [-0.2, 0) is 9.47 Å². The Hall–Kier alpha value is -3.15. The summed E-state index contributed by atoms with van der Waals surface area (Å²) >= 11 is 0. The van der Waals surface area contributed by atoms with Crippen LogP contribution < -0.4 is 10.2 Å². The Morgan fingerprint density at radius 3 is 1.98 bits per heavy atom. The van der Waals surface area contributed by atoms with Gasteiger partial charge in [0.15, 0.2) is 0 Å². The minimum atomic E-state index is -1.72. The Morgan fingerprint density at radius 2 is 1.34 bits per heavy atom. The monoisotopic (exact) mass is 578 g/mol. The molecule has 14 nitrogen and oxygen atoms in total. The number of fused-ring (bicyclic) bond motifs is 1. The van der Waals surface area contributed by atoms with E-state index in [2.05, 4.69) is 0 Å². The highest BCUT2D eigenvalue weighted by atomic mass is 16.7. The lowest BCUT2D eigenvalue weighted by Gasteiger charge is -2.40. The summed E-state index contributed by atoms with van der Waals surface area (Å²) in [5, 5.41) is 90.3. The third-order valence-corrected chi connectivity index (χ3v) is 7.40. The molecule has 2 aliphatic rings. The Labute approximate surface area is 231 Å². The molecule has 2 aliphatic heterocycles. The van der Waals surface area contributed by atoms with Crippen LogP contribution in [0.3, 0.4) is 0 Å². The SMILES string of the molecule is O=c1c(-c2ccc(O[C@H]3O[C@@H](CO)[C@@H](O)[C@@H](O)[C@@H]3O)cc2)coc2c([C@@H]3O[C@H](CO)[C@@H](O)[C@@H](O)[C@@H]3O)c(O)ccc12. The highest BCUT2D eigenvalue weighted by Crippen LogP contribution is 2.40. The summed E-state index contributed by atoms with van der Waals surface area (Å²) in [6.07, 6.45) is -13.9. The normalized spacial score (nSPS) is 34.0. The Kier molecular flexibility index (Phi) is 8.31. The molecule has 0 amide bonds. The van der Waals surface area contributed by atoms with E-state index in [1.165, 1.54) is 36.4 Å². The lowest BCUT2D eigenvalue weighted by Crippen LogP contribution is -2.60. The maximum Gasteiger partial charge on any atom is 0.229 e. The van der Waals surface area contributed by atoms with Crippen molar-refractivity contribution in [2.45, 2.75) is 61.2 Å². The number of rotatable bonds is 6. The average molecular weight is 579 g/mol. The summed E-state index contributed by atoms with van der Waals surface area (Å²) in [5.41, 5.74) is -0.289. The second-order valence-electron chi connectivity index (χ2n) is 9.94. The van der Waals surface area contributed by atoms with Crippen molar-refractivity contribution in [3.8, 4) is 22.6 Å². The molecule has 0 radical (unpaired) electrons. The third-order valence-electron chi connectivity index (χ3n) is 7.40. The van der Waals surface area contributed by atoms with Gasteiger partial charge in [-0.3, -0.25) is 4.79 Å². The number of aliphatic hydroxyl groups is 8. The quantitative estimate of drug-likeness (QED) is 0.152. The molecule has 10 atom stereocenters. The fourth-order valence-electron chi connectivity index (χ4n) is 5.04. The molecular formula is C27H30O14. The van der Waals surface area contributed by atoms with Gasteiger partial charge in [-0.1, -0.05) is 12.1 Å². The summed E-state index contributed by atoms with van der Waals surface area (Å²) in [4.78, 5) is 13.4. The number of phenols is 1. The van der Waals surface area contributed by atoms with E-state index >= 15 is 0 Å². The summed E-state index contributed by atoms with van der Waals surface area (Å²) < 4.78 is 22.2. The lowest BCUT2D eigenvalue weighted by atomic mass is 9.89. The van der Waals surface area contributed by atoms with Gasteiger partial charge >= 0.3 is 0 Å². The predicted molar refractivity (Wildman–Crippen MR) is 137 cm³/mol. The Bertz CT molecular complexity index is 1420.